The average Bonchev–Trinajstić information content (AvgIpc) is 3.26. The molecule has 0 amide bonds. The van der Waals surface area contributed by atoms with Crippen LogP contribution in [0.5, 0.6) is 0 Å². The summed E-state index contributed by atoms with van der Waals surface area (Å²) in [7, 11) is 0. The maximum Gasteiger partial charge on any atom is 0.0450 e. The summed E-state index contributed by atoms with van der Waals surface area (Å²) in [6.07, 6.45) is 2.70. The molecule has 0 aliphatic heterocycles. The van der Waals surface area contributed by atoms with Crippen molar-refractivity contribution in [3.05, 3.63) is 70.2 Å². The highest BCUT2D eigenvalue weighted by Crippen LogP contribution is 2.41. The molecule has 19 heavy (non-hydrogen) atoms. The van der Waals surface area contributed by atoms with Crippen LogP contribution in [0.25, 0.3) is 0 Å². The molecule has 1 nitrogen and oxygen atoms in total. The summed E-state index contributed by atoms with van der Waals surface area (Å²) in [6, 6.07) is 16.8. The number of rotatable bonds is 5. The summed E-state index contributed by atoms with van der Waals surface area (Å²) >= 11 is 6.16. The van der Waals surface area contributed by atoms with Gasteiger partial charge in [0.2, 0.25) is 0 Å². The van der Waals surface area contributed by atoms with E-state index in [1.54, 1.807) is 0 Å². The molecule has 2 aromatic carbocycles. The first-order chi connectivity index (χ1) is 9.34. The number of nitrogens with one attached hydrogen (secondary N) is 1. The Bertz CT molecular complexity index is 561. The van der Waals surface area contributed by atoms with Crippen LogP contribution in [0.3, 0.4) is 0 Å². The lowest BCUT2D eigenvalue weighted by atomic mass is 10.0. The van der Waals surface area contributed by atoms with Crippen molar-refractivity contribution in [2.24, 2.45) is 0 Å². The summed E-state index contributed by atoms with van der Waals surface area (Å²) in [5, 5.41) is 4.34. The van der Waals surface area contributed by atoms with Gasteiger partial charge in [0.25, 0.3) is 0 Å². The van der Waals surface area contributed by atoms with E-state index >= 15 is 0 Å². The van der Waals surface area contributed by atoms with Gasteiger partial charge in [0.05, 0.1) is 0 Å². The van der Waals surface area contributed by atoms with Gasteiger partial charge in [0.1, 0.15) is 0 Å². The van der Waals surface area contributed by atoms with E-state index in [0.717, 1.165) is 29.6 Å². The monoisotopic (exact) mass is 271 g/mol. The lowest BCUT2D eigenvalue weighted by Crippen LogP contribution is -2.14. The normalized spacial score (nSPS) is 14.6. The van der Waals surface area contributed by atoms with Crippen LogP contribution < -0.4 is 5.32 Å². The Kier molecular flexibility index (Phi) is 3.86. The fourth-order valence-electron chi connectivity index (χ4n) is 2.46. The zero-order valence-corrected chi connectivity index (χ0v) is 11.7. The first-order valence-corrected chi connectivity index (χ1v) is 7.24. The van der Waals surface area contributed by atoms with Crippen molar-refractivity contribution in [1.82, 2.24) is 5.32 Å². The number of hydrogen-bond donors (Lipinski definition) is 1. The molecule has 0 aromatic heterocycles. The van der Waals surface area contributed by atoms with E-state index in [0.29, 0.717) is 0 Å². The minimum Gasteiger partial charge on any atom is -0.309 e. The van der Waals surface area contributed by atoms with Crippen molar-refractivity contribution >= 4 is 11.6 Å². The second-order valence-electron chi connectivity index (χ2n) is 5.17. The number of halogens is 1. The molecule has 2 heteroatoms. The summed E-state index contributed by atoms with van der Waals surface area (Å²) < 4.78 is 0. The zero-order chi connectivity index (χ0) is 13.1. The Morgan fingerprint density at radius 2 is 1.53 bits per heavy atom. The lowest BCUT2D eigenvalue weighted by Gasteiger charge is -2.10. The van der Waals surface area contributed by atoms with E-state index in [4.69, 9.17) is 11.6 Å². The minimum absolute atomic E-state index is 0.804. The van der Waals surface area contributed by atoms with Crippen molar-refractivity contribution in [1.29, 1.82) is 0 Å². The molecule has 98 valence electrons. The van der Waals surface area contributed by atoms with E-state index in [1.165, 1.54) is 24.0 Å². The van der Waals surface area contributed by atoms with Gasteiger partial charge in [-0.2, -0.15) is 0 Å². The van der Waals surface area contributed by atoms with Crippen LogP contribution in [0.4, 0.5) is 0 Å². The third-order valence-electron chi connectivity index (χ3n) is 3.66. The molecule has 1 N–H and O–H groups in total. The van der Waals surface area contributed by atoms with Gasteiger partial charge in [-0.15, -0.1) is 0 Å². The van der Waals surface area contributed by atoms with Crippen LogP contribution in [0.2, 0.25) is 5.02 Å². The molecule has 3 rings (SSSR count). The molecule has 1 fully saturated rings. The quantitative estimate of drug-likeness (QED) is 0.844. The van der Waals surface area contributed by atoms with Crippen molar-refractivity contribution in [2.45, 2.75) is 31.8 Å². The van der Waals surface area contributed by atoms with E-state index in [-0.39, 0.29) is 0 Å². The van der Waals surface area contributed by atoms with Gasteiger partial charge < -0.3 is 5.32 Å². The Morgan fingerprint density at radius 1 is 0.895 bits per heavy atom. The molecule has 0 unspecified atom stereocenters. The zero-order valence-electron chi connectivity index (χ0n) is 10.9. The molecule has 0 heterocycles. The molecular weight excluding hydrogens is 254 g/mol. The van der Waals surface area contributed by atoms with Crippen LogP contribution in [0.15, 0.2) is 48.5 Å². The lowest BCUT2D eigenvalue weighted by molar-refractivity contribution is 0.688. The molecule has 1 saturated carbocycles. The van der Waals surface area contributed by atoms with Crippen LogP contribution in [0, 0.1) is 0 Å². The van der Waals surface area contributed by atoms with Gasteiger partial charge in [0, 0.05) is 18.1 Å². The van der Waals surface area contributed by atoms with Crippen molar-refractivity contribution in [3.8, 4) is 0 Å². The first kappa shape index (κ1) is 12.7. The summed E-state index contributed by atoms with van der Waals surface area (Å²) in [6.45, 7) is 1.73. The third-order valence-corrected chi connectivity index (χ3v) is 4.03. The summed E-state index contributed by atoms with van der Waals surface area (Å²) in [4.78, 5) is 0. The smallest absolute Gasteiger partial charge is 0.0450 e. The van der Waals surface area contributed by atoms with Crippen molar-refractivity contribution in [3.63, 3.8) is 0 Å². The van der Waals surface area contributed by atoms with Crippen LogP contribution in [-0.2, 0) is 13.1 Å². The van der Waals surface area contributed by atoms with Gasteiger partial charge in [-0.3, -0.25) is 0 Å². The predicted molar refractivity (Wildman–Crippen MR) is 80.4 cm³/mol. The highest BCUT2D eigenvalue weighted by molar-refractivity contribution is 6.31. The van der Waals surface area contributed by atoms with Gasteiger partial charge in [-0.25, -0.2) is 0 Å². The van der Waals surface area contributed by atoms with E-state index in [9.17, 15) is 0 Å². The Labute approximate surface area is 119 Å². The molecular formula is C17H18ClN. The predicted octanol–water partition coefficient (Wildman–Crippen LogP) is 4.51. The standard InChI is InChI=1S/C17H18ClN/c18-17-8-4-2-6-15(17)12-19-11-14-5-1-3-7-16(14)13-9-10-13/h1-8,13,19H,9-12H2. The van der Waals surface area contributed by atoms with Gasteiger partial charge in [0.15, 0.2) is 0 Å². The number of benzene rings is 2. The average molecular weight is 272 g/mol. The minimum atomic E-state index is 0.804. The molecule has 0 spiro atoms. The highest BCUT2D eigenvalue weighted by Gasteiger charge is 2.25. The molecule has 0 bridgehead atoms. The number of hydrogen-bond acceptors (Lipinski definition) is 1. The fourth-order valence-corrected chi connectivity index (χ4v) is 2.66. The SMILES string of the molecule is Clc1ccccc1CNCc1ccccc1C1CC1. The maximum atomic E-state index is 6.16. The van der Waals surface area contributed by atoms with Gasteiger partial charge in [-0.1, -0.05) is 54.1 Å². The second kappa shape index (κ2) is 5.77. The van der Waals surface area contributed by atoms with Crippen LogP contribution >= 0.6 is 11.6 Å². The van der Waals surface area contributed by atoms with E-state index in [2.05, 4.69) is 35.6 Å². The Balaban J connectivity index is 1.62. The first-order valence-electron chi connectivity index (χ1n) is 6.86. The van der Waals surface area contributed by atoms with Crippen molar-refractivity contribution in [2.75, 3.05) is 0 Å². The van der Waals surface area contributed by atoms with Gasteiger partial charge >= 0.3 is 0 Å². The molecule has 0 saturated heterocycles. The third kappa shape index (κ3) is 3.17. The topological polar surface area (TPSA) is 12.0 Å². The summed E-state index contributed by atoms with van der Waals surface area (Å²) in [5.74, 6) is 0.804. The fraction of sp³-hybridized carbons (Fsp3) is 0.294. The highest BCUT2D eigenvalue weighted by atomic mass is 35.5. The van der Waals surface area contributed by atoms with Gasteiger partial charge in [-0.05, 0) is 41.5 Å². The van der Waals surface area contributed by atoms with Crippen molar-refractivity contribution < 1.29 is 0 Å². The largest absolute Gasteiger partial charge is 0.309 e. The van der Waals surface area contributed by atoms with E-state index in [1.807, 2.05) is 18.2 Å². The maximum absolute atomic E-state index is 6.16. The van der Waals surface area contributed by atoms with Crippen LogP contribution in [-0.4, -0.2) is 0 Å². The molecule has 2 aromatic rings. The Morgan fingerprint density at radius 3 is 2.26 bits per heavy atom. The Hall–Kier alpha value is -1.31. The van der Waals surface area contributed by atoms with Crippen LogP contribution in [0.1, 0.15) is 35.4 Å². The molecule has 0 atom stereocenters. The molecule has 1 aliphatic carbocycles. The molecule has 1 aliphatic rings. The summed E-state index contributed by atoms with van der Waals surface area (Å²) in [5.41, 5.74) is 4.11. The second-order valence-corrected chi connectivity index (χ2v) is 5.58. The van der Waals surface area contributed by atoms with E-state index < -0.39 is 0 Å². The molecule has 0 radical (unpaired) electrons.